The molecular weight excluding hydrogens is 480 g/mol. The first kappa shape index (κ1) is 22.6. The van der Waals surface area contributed by atoms with Crippen LogP contribution in [0.3, 0.4) is 0 Å². The summed E-state index contributed by atoms with van der Waals surface area (Å²) in [6.07, 6.45) is 0. The van der Waals surface area contributed by atoms with E-state index in [4.69, 9.17) is 27.0 Å². The molecule has 1 fully saturated rings. The summed E-state index contributed by atoms with van der Waals surface area (Å²) in [5, 5.41) is 18.3. The molecule has 160 valence electrons. The fraction of sp³-hybridized carbons (Fsp3) is 0.227. The van der Waals surface area contributed by atoms with Gasteiger partial charge in [-0.2, -0.15) is 5.26 Å². The minimum Gasteiger partial charge on any atom is -0.493 e. The van der Waals surface area contributed by atoms with Crippen molar-refractivity contribution in [3.05, 3.63) is 70.3 Å². The molecule has 1 amide bonds. The highest BCUT2D eigenvalue weighted by Crippen LogP contribution is 2.40. The lowest BCUT2D eigenvalue weighted by Crippen LogP contribution is -2.52. The van der Waals surface area contributed by atoms with Crippen molar-refractivity contribution in [3.8, 4) is 17.6 Å². The van der Waals surface area contributed by atoms with Crippen molar-refractivity contribution in [2.24, 2.45) is 5.92 Å². The van der Waals surface area contributed by atoms with Crippen molar-refractivity contribution < 1.29 is 14.3 Å². The first-order valence-corrected chi connectivity index (χ1v) is 10.6. The molecule has 3 rings (SSSR count). The first-order valence-electron chi connectivity index (χ1n) is 9.39. The van der Waals surface area contributed by atoms with E-state index < -0.39 is 12.0 Å². The number of nitriles is 1. The van der Waals surface area contributed by atoms with Crippen LogP contribution in [0.5, 0.6) is 11.5 Å². The number of carbonyl (C=O) groups excluding carboxylic acids is 1. The van der Waals surface area contributed by atoms with Crippen LogP contribution in [0.25, 0.3) is 0 Å². The van der Waals surface area contributed by atoms with Crippen molar-refractivity contribution in [2.75, 3.05) is 13.7 Å². The second kappa shape index (κ2) is 10.3. The lowest BCUT2D eigenvalue weighted by Gasteiger charge is -2.36. The summed E-state index contributed by atoms with van der Waals surface area (Å²) in [6, 6.07) is 14.6. The Morgan fingerprint density at radius 3 is 2.74 bits per heavy atom. The second-order valence-electron chi connectivity index (χ2n) is 6.75. The van der Waals surface area contributed by atoms with Crippen LogP contribution in [-0.2, 0) is 11.3 Å². The van der Waals surface area contributed by atoms with Crippen LogP contribution in [0.15, 0.2) is 59.2 Å². The Labute approximate surface area is 194 Å². The number of halogens is 1. The number of methoxy groups -OCH3 is 1. The standard InChI is InChI=1S/C22H21BrN4O3S/c1-13-19(21(28)25-12-14-6-4-3-5-7-14)20(27-22(31)26-13)15-10-17(29-2)18(11-16(15)23)30-9-8-24/h3-7,10-11,19-20H,1,9,12H2,2H3,(H,25,28)(H2,26,27,31)/t19-,20-/m0/s1. The van der Waals surface area contributed by atoms with Crippen LogP contribution < -0.4 is 25.4 Å². The molecular formula is C22H21BrN4O3S. The number of thiocarbonyl (C=S) groups is 1. The third-order valence-corrected chi connectivity index (χ3v) is 5.68. The maximum Gasteiger partial charge on any atom is 0.231 e. The van der Waals surface area contributed by atoms with Crippen molar-refractivity contribution >= 4 is 39.2 Å². The van der Waals surface area contributed by atoms with E-state index in [1.807, 2.05) is 36.4 Å². The summed E-state index contributed by atoms with van der Waals surface area (Å²) >= 11 is 8.85. The highest BCUT2D eigenvalue weighted by molar-refractivity contribution is 9.10. The van der Waals surface area contributed by atoms with E-state index >= 15 is 0 Å². The Kier molecular flexibility index (Phi) is 7.50. The van der Waals surface area contributed by atoms with Gasteiger partial charge >= 0.3 is 0 Å². The summed E-state index contributed by atoms with van der Waals surface area (Å²) in [6.45, 7) is 4.30. The molecule has 0 aromatic heterocycles. The molecule has 1 aliphatic heterocycles. The number of ether oxygens (including phenoxy) is 2. The number of amides is 1. The Balaban J connectivity index is 1.90. The fourth-order valence-corrected chi connectivity index (χ4v) is 4.15. The molecule has 0 aliphatic carbocycles. The van der Waals surface area contributed by atoms with E-state index in [1.54, 1.807) is 12.1 Å². The van der Waals surface area contributed by atoms with Crippen molar-refractivity contribution in [1.82, 2.24) is 16.0 Å². The molecule has 3 N–H and O–H groups in total. The van der Waals surface area contributed by atoms with E-state index in [2.05, 4.69) is 38.5 Å². The van der Waals surface area contributed by atoms with Gasteiger partial charge in [0.1, 0.15) is 12.0 Å². The number of carbonyl (C=O) groups is 1. The van der Waals surface area contributed by atoms with Gasteiger partial charge in [-0.1, -0.05) is 52.8 Å². The van der Waals surface area contributed by atoms with Gasteiger partial charge in [0.15, 0.2) is 23.2 Å². The minimum absolute atomic E-state index is 0.112. The van der Waals surface area contributed by atoms with E-state index in [-0.39, 0.29) is 12.5 Å². The van der Waals surface area contributed by atoms with Gasteiger partial charge in [-0.3, -0.25) is 4.79 Å². The molecule has 7 nitrogen and oxygen atoms in total. The van der Waals surface area contributed by atoms with Crippen LogP contribution >= 0.6 is 28.1 Å². The lowest BCUT2D eigenvalue weighted by atomic mass is 9.88. The van der Waals surface area contributed by atoms with Crippen LogP contribution in [0.4, 0.5) is 0 Å². The number of hydrogen-bond acceptors (Lipinski definition) is 5. The number of hydrogen-bond donors (Lipinski definition) is 3. The van der Waals surface area contributed by atoms with Gasteiger partial charge in [-0.05, 0) is 35.5 Å². The normalized spacial score (nSPS) is 17.7. The van der Waals surface area contributed by atoms with E-state index in [9.17, 15) is 4.79 Å². The van der Waals surface area contributed by atoms with Crippen molar-refractivity contribution in [1.29, 1.82) is 5.26 Å². The molecule has 1 saturated heterocycles. The van der Waals surface area contributed by atoms with Gasteiger partial charge in [0, 0.05) is 16.7 Å². The minimum atomic E-state index is -0.637. The Bertz CT molecular complexity index is 1040. The molecule has 1 heterocycles. The summed E-state index contributed by atoms with van der Waals surface area (Å²) in [4.78, 5) is 13.1. The third kappa shape index (κ3) is 5.34. The highest BCUT2D eigenvalue weighted by Gasteiger charge is 2.38. The van der Waals surface area contributed by atoms with Gasteiger partial charge in [-0.25, -0.2) is 0 Å². The molecule has 31 heavy (non-hydrogen) atoms. The van der Waals surface area contributed by atoms with E-state index in [0.29, 0.717) is 33.3 Å². The summed E-state index contributed by atoms with van der Waals surface area (Å²) < 4.78 is 11.5. The van der Waals surface area contributed by atoms with Crippen molar-refractivity contribution in [2.45, 2.75) is 12.6 Å². The van der Waals surface area contributed by atoms with Gasteiger partial charge < -0.3 is 25.4 Å². The zero-order chi connectivity index (χ0) is 22.4. The molecule has 2 aromatic rings. The smallest absolute Gasteiger partial charge is 0.231 e. The first-order chi connectivity index (χ1) is 14.9. The van der Waals surface area contributed by atoms with Gasteiger partial charge in [0.05, 0.1) is 13.2 Å². The van der Waals surface area contributed by atoms with Gasteiger partial charge in [0.2, 0.25) is 5.91 Å². The second-order valence-corrected chi connectivity index (χ2v) is 8.02. The predicted octanol–water partition coefficient (Wildman–Crippen LogP) is 3.33. The molecule has 0 saturated carbocycles. The quantitative estimate of drug-likeness (QED) is 0.501. The Morgan fingerprint density at radius 2 is 2.06 bits per heavy atom. The van der Waals surface area contributed by atoms with Crippen LogP contribution in [-0.4, -0.2) is 24.7 Å². The maximum absolute atomic E-state index is 13.1. The van der Waals surface area contributed by atoms with Gasteiger partial charge in [-0.15, -0.1) is 0 Å². The van der Waals surface area contributed by atoms with Gasteiger partial charge in [0.25, 0.3) is 0 Å². The molecule has 0 spiro atoms. The largest absolute Gasteiger partial charge is 0.493 e. The molecule has 2 aromatic carbocycles. The Hall–Kier alpha value is -3.09. The predicted molar refractivity (Wildman–Crippen MR) is 124 cm³/mol. The van der Waals surface area contributed by atoms with Crippen LogP contribution in [0.2, 0.25) is 0 Å². The van der Waals surface area contributed by atoms with Crippen LogP contribution in [0.1, 0.15) is 17.2 Å². The molecule has 0 radical (unpaired) electrons. The van der Waals surface area contributed by atoms with E-state index in [0.717, 1.165) is 11.1 Å². The third-order valence-electron chi connectivity index (χ3n) is 4.77. The zero-order valence-corrected chi connectivity index (χ0v) is 19.2. The zero-order valence-electron chi connectivity index (χ0n) is 16.8. The van der Waals surface area contributed by atoms with Crippen LogP contribution in [0, 0.1) is 17.2 Å². The number of nitrogens with zero attached hydrogens (tertiary/aromatic N) is 1. The van der Waals surface area contributed by atoms with E-state index in [1.165, 1.54) is 7.11 Å². The molecule has 9 heteroatoms. The topological polar surface area (TPSA) is 95.4 Å². The lowest BCUT2D eigenvalue weighted by molar-refractivity contribution is -0.125. The molecule has 0 bridgehead atoms. The summed E-state index contributed by atoms with van der Waals surface area (Å²) in [7, 11) is 1.51. The molecule has 2 atom stereocenters. The summed E-state index contributed by atoms with van der Waals surface area (Å²) in [5.74, 6) is 0.0215. The fourth-order valence-electron chi connectivity index (χ4n) is 3.32. The maximum atomic E-state index is 13.1. The Morgan fingerprint density at radius 1 is 1.32 bits per heavy atom. The number of benzene rings is 2. The SMILES string of the molecule is C=C1NC(=S)N[C@@H](c2cc(OC)c(OCC#N)cc2Br)[C@H]1C(=O)NCc1ccccc1. The molecule has 0 unspecified atom stereocenters. The average Bonchev–Trinajstić information content (AvgIpc) is 2.76. The average molecular weight is 501 g/mol. The number of rotatable bonds is 7. The van der Waals surface area contributed by atoms with Crippen molar-refractivity contribution in [3.63, 3.8) is 0 Å². The monoisotopic (exact) mass is 500 g/mol. The molecule has 1 aliphatic rings. The summed E-state index contributed by atoms with van der Waals surface area (Å²) in [5.41, 5.74) is 2.23. The number of nitrogens with one attached hydrogen (secondary N) is 3. The highest BCUT2D eigenvalue weighted by atomic mass is 79.9.